The van der Waals surface area contributed by atoms with Gasteiger partial charge < -0.3 is 5.32 Å². The van der Waals surface area contributed by atoms with Gasteiger partial charge >= 0.3 is 0 Å². The van der Waals surface area contributed by atoms with Crippen molar-refractivity contribution in [2.75, 3.05) is 5.32 Å². The monoisotopic (exact) mass is 275 g/mol. The van der Waals surface area contributed by atoms with E-state index in [0.717, 1.165) is 12.3 Å². The summed E-state index contributed by atoms with van der Waals surface area (Å²) < 4.78 is 12.7. The molecule has 102 valence electrons. The molecule has 0 saturated carbocycles. The molecule has 1 N–H and O–H groups in total. The Morgan fingerprint density at radius 2 is 2.10 bits per heavy atom. The minimum atomic E-state index is -0.673. The van der Waals surface area contributed by atoms with Gasteiger partial charge in [0, 0.05) is 24.0 Å². The maximum Gasteiger partial charge on any atom is 0.269 e. The minimum absolute atomic E-state index is 0.0519. The number of carbonyl (C=O) groups excluding carboxylic acids is 1. The zero-order valence-electron chi connectivity index (χ0n) is 10.5. The normalized spacial score (nSPS) is 10.1. The standard InChI is InChI=1S/C13H10FN3O3/c1-8-6-10(17(19)20)3-4-11(8)16-13(18)9-2-5-12(14)15-7-9/h2-7H,1H3,(H,16,18). The lowest BCUT2D eigenvalue weighted by molar-refractivity contribution is -0.384. The average molecular weight is 275 g/mol. The summed E-state index contributed by atoms with van der Waals surface area (Å²) in [5.74, 6) is -1.14. The fraction of sp³-hybridized carbons (Fsp3) is 0.0769. The number of halogens is 1. The van der Waals surface area contributed by atoms with Crippen molar-refractivity contribution in [3.8, 4) is 0 Å². The Morgan fingerprint density at radius 3 is 2.65 bits per heavy atom. The molecule has 0 aliphatic rings. The number of nitrogens with one attached hydrogen (secondary N) is 1. The van der Waals surface area contributed by atoms with Gasteiger partial charge in [-0.05, 0) is 30.7 Å². The summed E-state index contributed by atoms with van der Waals surface area (Å²) in [6, 6.07) is 6.49. The molecule has 6 nitrogen and oxygen atoms in total. The summed E-state index contributed by atoms with van der Waals surface area (Å²) in [4.78, 5) is 25.4. The number of nitro benzene ring substituents is 1. The highest BCUT2D eigenvalue weighted by atomic mass is 19.1. The van der Waals surface area contributed by atoms with Crippen molar-refractivity contribution < 1.29 is 14.1 Å². The largest absolute Gasteiger partial charge is 0.322 e. The van der Waals surface area contributed by atoms with Crippen LogP contribution >= 0.6 is 0 Å². The van der Waals surface area contributed by atoms with E-state index in [0.29, 0.717) is 11.3 Å². The molecule has 20 heavy (non-hydrogen) atoms. The molecule has 1 amide bonds. The topological polar surface area (TPSA) is 85.1 Å². The van der Waals surface area contributed by atoms with Crippen LogP contribution in [0.3, 0.4) is 0 Å². The smallest absolute Gasteiger partial charge is 0.269 e. The predicted octanol–water partition coefficient (Wildman–Crippen LogP) is 2.69. The van der Waals surface area contributed by atoms with Gasteiger partial charge in [0.1, 0.15) is 0 Å². The highest BCUT2D eigenvalue weighted by Gasteiger charge is 2.11. The van der Waals surface area contributed by atoms with Crippen molar-refractivity contribution >= 4 is 17.3 Å². The third-order valence-electron chi connectivity index (χ3n) is 2.66. The molecule has 0 saturated heterocycles. The third kappa shape index (κ3) is 2.94. The van der Waals surface area contributed by atoms with E-state index in [-0.39, 0.29) is 11.3 Å². The van der Waals surface area contributed by atoms with E-state index in [1.165, 1.54) is 24.3 Å². The van der Waals surface area contributed by atoms with Gasteiger partial charge in [0.15, 0.2) is 0 Å². The van der Waals surface area contributed by atoms with Gasteiger partial charge in [0.05, 0.1) is 10.5 Å². The average Bonchev–Trinajstić information content (AvgIpc) is 2.41. The second-order valence-corrected chi connectivity index (χ2v) is 4.08. The van der Waals surface area contributed by atoms with E-state index in [9.17, 15) is 19.3 Å². The molecule has 2 aromatic rings. The fourth-order valence-electron chi connectivity index (χ4n) is 1.61. The van der Waals surface area contributed by atoms with E-state index in [1.54, 1.807) is 6.92 Å². The van der Waals surface area contributed by atoms with Gasteiger partial charge in [-0.3, -0.25) is 14.9 Å². The Kier molecular flexibility index (Phi) is 3.69. The number of pyridine rings is 1. The number of aromatic nitrogens is 1. The Hall–Kier alpha value is -2.83. The van der Waals surface area contributed by atoms with Crippen molar-refractivity contribution in [3.05, 3.63) is 63.7 Å². The van der Waals surface area contributed by atoms with Crippen LogP contribution in [0.25, 0.3) is 0 Å². The number of rotatable bonds is 3. The van der Waals surface area contributed by atoms with Crippen molar-refractivity contribution in [1.29, 1.82) is 0 Å². The van der Waals surface area contributed by atoms with Crippen molar-refractivity contribution in [3.63, 3.8) is 0 Å². The Morgan fingerprint density at radius 1 is 1.35 bits per heavy atom. The zero-order valence-corrected chi connectivity index (χ0v) is 10.5. The predicted molar refractivity (Wildman–Crippen MR) is 70.0 cm³/mol. The highest BCUT2D eigenvalue weighted by Crippen LogP contribution is 2.21. The van der Waals surface area contributed by atoms with Gasteiger partial charge in [-0.25, -0.2) is 4.98 Å². The Bertz CT molecular complexity index is 671. The first-order valence-electron chi connectivity index (χ1n) is 5.65. The first-order valence-corrected chi connectivity index (χ1v) is 5.65. The Labute approximate surface area is 113 Å². The number of aryl methyl sites for hydroxylation is 1. The second-order valence-electron chi connectivity index (χ2n) is 4.08. The van der Waals surface area contributed by atoms with E-state index >= 15 is 0 Å². The molecular formula is C13H10FN3O3. The molecule has 0 fully saturated rings. The summed E-state index contributed by atoms with van der Waals surface area (Å²) >= 11 is 0. The number of benzene rings is 1. The molecular weight excluding hydrogens is 265 g/mol. The van der Waals surface area contributed by atoms with E-state index in [1.807, 2.05) is 0 Å². The summed E-state index contributed by atoms with van der Waals surface area (Å²) in [5, 5.41) is 13.2. The molecule has 0 spiro atoms. The van der Waals surface area contributed by atoms with Crippen LogP contribution in [0.4, 0.5) is 15.8 Å². The van der Waals surface area contributed by atoms with Crippen LogP contribution < -0.4 is 5.32 Å². The molecule has 0 radical (unpaired) electrons. The van der Waals surface area contributed by atoms with E-state index < -0.39 is 16.8 Å². The SMILES string of the molecule is Cc1cc([N+](=O)[O-])ccc1NC(=O)c1ccc(F)nc1. The maximum atomic E-state index is 12.7. The number of anilines is 1. The molecule has 0 bridgehead atoms. The van der Waals surface area contributed by atoms with Crippen molar-refractivity contribution in [1.82, 2.24) is 4.98 Å². The molecule has 2 rings (SSSR count). The van der Waals surface area contributed by atoms with E-state index in [2.05, 4.69) is 10.3 Å². The van der Waals surface area contributed by atoms with Gasteiger partial charge in [-0.1, -0.05) is 0 Å². The van der Waals surface area contributed by atoms with Gasteiger partial charge in [-0.15, -0.1) is 0 Å². The number of nitrogens with zero attached hydrogens (tertiary/aromatic N) is 2. The van der Waals surface area contributed by atoms with Gasteiger partial charge in [0.2, 0.25) is 5.95 Å². The lowest BCUT2D eigenvalue weighted by Gasteiger charge is -2.07. The molecule has 1 aromatic carbocycles. The molecule has 1 heterocycles. The summed E-state index contributed by atoms with van der Waals surface area (Å²) in [6.07, 6.45) is 1.12. The number of nitro groups is 1. The zero-order chi connectivity index (χ0) is 14.7. The molecule has 0 atom stereocenters. The van der Waals surface area contributed by atoms with Crippen LogP contribution in [0, 0.1) is 23.0 Å². The van der Waals surface area contributed by atoms with Crippen molar-refractivity contribution in [2.24, 2.45) is 0 Å². The first kappa shape index (κ1) is 13.6. The number of amides is 1. The minimum Gasteiger partial charge on any atom is -0.322 e. The van der Waals surface area contributed by atoms with Crippen molar-refractivity contribution in [2.45, 2.75) is 6.92 Å². The van der Waals surface area contributed by atoms with Gasteiger partial charge in [-0.2, -0.15) is 4.39 Å². The highest BCUT2D eigenvalue weighted by molar-refractivity contribution is 6.04. The number of hydrogen-bond acceptors (Lipinski definition) is 4. The number of non-ortho nitro benzene ring substituents is 1. The summed E-state index contributed by atoms with van der Waals surface area (Å²) in [5.41, 5.74) is 1.15. The van der Waals surface area contributed by atoms with Gasteiger partial charge in [0.25, 0.3) is 11.6 Å². The maximum absolute atomic E-state index is 12.7. The molecule has 1 aromatic heterocycles. The quantitative estimate of drug-likeness (QED) is 0.530. The van der Waals surface area contributed by atoms with Crippen LogP contribution in [-0.4, -0.2) is 15.8 Å². The second kappa shape index (κ2) is 5.43. The lowest BCUT2D eigenvalue weighted by Crippen LogP contribution is -2.13. The molecule has 7 heteroatoms. The van der Waals surface area contributed by atoms with Crippen LogP contribution in [0.5, 0.6) is 0 Å². The summed E-state index contributed by atoms with van der Waals surface area (Å²) in [7, 11) is 0. The fourth-order valence-corrected chi connectivity index (χ4v) is 1.61. The molecule has 0 aliphatic carbocycles. The lowest BCUT2D eigenvalue weighted by atomic mass is 10.1. The first-order chi connectivity index (χ1) is 9.47. The van der Waals surface area contributed by atoms with Crippen LogP contribution in [-0.2, 0) is 0 Å². The summed E-state index contributed by atoms with van der Waals surface area (Å²) in [6.45, 7) is 1.64. The Balaban J connectivity index is 2.19. The third-order valence-corrected chi connectivity index (χ3v) is 2.66. The molecule has 0 unspecified atom stereocenters. The van der Waals surface area contributed by atoms with Crippen LogP contribution in [0.1, 0.15) is 15.9 Å². The van der Waals surface area contributed by atoms with Crippen LogP contribution in [0.15, 0.2) is 36.5 Å². The number of carbonyl (C=O) groups is 1. The van der Waals surface area contributed by atoms with E-state index in [4.69, 9.17) is 0 Å². The molecule has 0 aliphatic heterocycles. The number of hydrogen-bond donors (Lipinski definition) is 1. The van der Waals surface area contributed by atoms with Crippen LogP contribution in [0.2, 0.25) is 0 Å².